The fraction of sp³-hybridized carbons (Fsp3) is 0.364. The Bertz CT molecular complexity index is 1300. The van der Waals surface area contributed by atoms with Crippen LogP contribution in [0.15, 0.2) is 36.4 Å². The number of amides is 1. The number of fused-ring (bicyclic) bond motifs is 2. The highest BCUT2D eigenvalue weighted by Crippen LogP contribution is 2.35. The molecule has 0 radical (unpaired) electrons. The first-order valence-corrected chi connectivity index (χ1v) is 13.1. The van der Waals surface area contributed by atoms with Crippen LogP contribution in [-0.2, 0) is 21.2 Å². The van der Waals surface area contributed by atoms with Gasteiger partial charge in [0.05, 0.1) is 35.4 Å². The average Bonchev–Trinajstić information content (AvgIpc) is 3.33. The quantitative estimate of drug-likeness (QED) is 0.627. The maximum atomic E-state index is 12.9. The van der Waals surface area contributed by atoms with Crippen molar-refractivity contribution in [3.05, 3.63) is 47.5 Å². The molecule has 1 aromatic heterocycles. The number of hydrogen-bond donors (Lipinski definition) is 1. The topological polar surface area (TPSA) is 91.8 Å². The predicted octanol–water partition coefficient (Wildman–Crippen LogP) is 3.10. The Balaban J connectivity index is 1.35. The van der Waals surface area contributed by atoms with E-state index in [0.29, 0.717) is 36.6 Å². The first kappa shape index (κ1) is 21.2. The summed E-state index contributed by atoms with van der Waals surface area (Å²) in [7, 11) is -3.36. The molecule has 0 aliphatic carbocycles. The number of nitrogens with zero attached hydrogens (tertiary/aromatic N) is 3. The summed E-state index contributed by atoms with van der Waals surface area (Å²) in [5.74, 6) is -0.226. The Labute approximate surface area is 190 Å². The number of sulfonamides is 1. The first-order chi connectivity index (χ1) is 15.3. The highest BCUT2D eigenvalue weighted by Gasteiger charge is 2.32. The number of carbonyl (C=O) groups is 1. The molecule has 1 saturated heterocycles. The first-order valence-electron chi connectivity index (χ1n) is 10.5. The maximum absolute atomic E-state index is 12.9. The zero-order valence-electron chi connectivity index (χ0n) is 17.9. The largest absolute Gasteiger partial charge is 0.378 e. The van der Waals surface area contributed by atoms with Crippen molar-refractivity contribution < 1.29 is 17.9 Å². The molecular weight excluding hydrogens is 448 g/mol. The van der Waals surface area contributed by atoms with Gasteiger partial charge >= 0.3 is 0 Å². The average molecular weight is 473 g/mol. The third kappa shape index (κ3) is 3.94. The molecule has 0 spiro atoms. The minimum absolute atomic E-state index is 0.160. The molecule has 5 rings (SSSR count). The molecule has 168 valence electrons. The summed E-state index contributed by atoms with van der Waals surface area (Å²) in [6.45, 7) is 4.95. The molecule has 3 heterocycles. The van der Waals surface area contributed by atoms with E-state index in [1.54, 1.807) is 29.5 Å². The molecule has 8 nitrogen and oxygen atoms in total. The van der Waals surface area contributed by atoms with Gasteiger partial charge < -0.3 is 15.0 Å². The number of anilines is 3. The van der Waals surface area contributed by atoms with Crippen LogP contribution in [0.2, 0.25) is 0 Å². The highest BCUT2D eigenvalue weighted by molar-refractivity contribution is 7.92. The minimum atomic E-state index is -3.36. The van der Waals surface area contributed by atoms with E-state index in [1.165, 1.54) is 10.6 Å². The van der Waals surface area contributed by atoms with Gasteiger partial charge in [-0.15, -0.1) is 0 Å². The van der Waals surface area contributed by atoms with Crippen LogP contribution in [0, 0.1) is 0 Å². The van der Waals surface area contributed by atoms with Crippen LogP contribution in [0.5, 0.6) is 0 Å². The maximum Gasteiger partial charge on any atom is 0.255 e. The monoisotopic (exact) mass is 472 g/mol. The van der Waals surface area contributed by atoms with E-state index in [0.717, 1.165) is 34.0 Å². The van der Waals surface area contributed by atoms with Crippen LogP contribution < -0.4 is 14.5 Å². The zero-order valence-corrected chi connectivity index (χ0v) is 19.5. The second-order valence-electron chi connectivity index (χ2n) is 8.19. The fourth-order valence-corrected chi connectivity index (χ4v) is 6.65. The van der Waals surface area contributed by atoms with Gasteiger partial charge in [-0.3, -0.25) is 9.10 Å². The molecule has 2 aliphatic heterocycles. The van der Waals surface area contributed by atoms with Gasteiger partial charge in [0.2, 0.25) is 10.0 Å². The van der Waals surface area contributed by atoms with Gasteiger partial charge in [-0.25, -0.2) is 13.4 Å². The number of ether oxygens (including phenoxy) is 1. The summed E-state index contributed by atoms with van der Waals surface area (Å²) in [5.41, 5.74) is 3.62. The van der Waals surface area contributed by atoms with Gasteiger partial charge in [0.1, 0.15) is 0 Å². The van der Waals surface area contributed by atoms with Gasteiger partial charge in [0, 0.05) is 30.4 Å². The van der Waals surface area contributed by atoms with Gasteiger partial charge in [0.15, 0.2) is 5.13 Å². The molecule has 1 amide bonds. The highest BCUT2D eigenvalue weighted by atomic mass is 32.2. The number of benzene rings is 2. The molecule has 10 heteroatoms. The lowest BCUT2D eigenvalue weighted by Gasteiger charge is -2.25. The van der Waals surface area contributed by atoms with Crippen LogP contribution in [0.1, 0.15) is 22.8 Å². The molecule has 0 unspecified atom stereocenters. The van der Waals surface area contributed by atoms with Crippen molar-refractivity contribution in [2.45, 2.75) is 19.4 Å². The van der Waals surface area contributed by atoms with Crippen molar-refractivity contribution in [3.8, 4) is 0 Å². The van der Waals surface area contributed by atoms with Gasteiger partial charge in [-0.2, -0.15) is 0 Å². The van der Waals surface area contributed by atoms with E-state index in [9.17, 15) is 13.2 Å². The Morgan fingerprint density at radius 1 is 1.19 bits per heavy atom. The lowest BCUT2D eigenvalue weighted by atomic mass is 10.1. The van der Waals surface area contributed by atoms with Gasteiger partial charge in [0.25, 0.3) is 5.91 Å². The van der Waals surface area contributed by atoms with E-state index in [2.05, 4.69) is 10.2 Å². The summed E-state index contributed by atoms with van der Waals surface area (Å²) in [6.07, 6.45) is 1.79. The Morgan fingerprint density at radius 2 is 1.97 bits per heavy atom. The lowest BCUT2D eigenvalue weighted by molar-refractivity contribution is 0.102. The molecule has 1 atom stereocenters. The van der Waals surface area contributed by atoms with Crippen molar-refractivity contribution in [2.75, 3.05) is 47.1 Å². The fourth-order valence-electron chi connectivity index (χ4n) is 4.33. The number of aromatic nitrogens is 1. The summed E-state index contributed by atoms with van der Waals surface area (Å²) in [4.78, 5) is 19.8. The SMILES string of the molecule is C[C@H]1Cc2cc(C(=O)Nc3ccc4nc(N5CCOCC5)sc4c3)ccc2N1S(C)(=O)=O. The standard InChI is InChI=1S/C22H24N4O4S2/c1-14-11-16-12-15(3-6-19(16)26(14)32(2,28)29)21(27)23-17-4-5-18-20(13-17)31-22(24-18)25-7-9-30-10-8-25/h3-6,12-14H,7-11H2,1-2H3,(H,23,27)/t14-/m0/s1. The number of rotatable bonds is 4. The predicted molar refractivity (Wildman–Crippen MR) is 128 cm³/mol. The Hall–Kier alpha value is -2.69. The number of thiazole rings is 1. The van der Waals surface area contributed by atoms with Crippen molar-refractivity contribution in [3.63, 3.8) is 0 Å². The molecule has 1 fully saturated rings. The molecular formula is C22H24N4O4S2. The van der Waals surface area contributed by atoms with Crippen LogP contribution >= 0.6 is 11.3 Å². The van der Waals surface area contributed by atoms with Gasteiger partial charge in [-0.05, 0) is 55.3 Å². The third-order valence-electron chi connectivity index (χ3n) is 5.77. The summed E-state index contributed by atoms with van der Waals surface area (Å²) >= 11 is 1.61. The van der Waals surface area contributed by atoms with E-state index in [4.69, 9.17) is 9.72 Å². The molecule has 2 aromatic carbocycles. The second-order valence-corrected chi connectivity index (χ2v) is 11.1. The van der Waals surface area contributed by atoms with Crippen LogP contribution in [-0.4, -0.2) is 57.9 Å². The van der Waals surface area contributed by atoms with Crippen LogP contribution in [0.25, 0.3) is 10.2 Å². The lowest BCUT2D eigenvalue weighted by Crippen LogP contribution is -2.36. The number of carbonyl (C=O) groups excluding carboxylic acids is 1. The summed E-state index contributed by atoms with van der Waals surface area (Å²) < 4.78 is 32.1. The molecule has 32 heavy (non-hydrogen) atoms. The van der Waals surface area contributed by atoms with E-state index in [-0.39, 0.29) is 11.9 Å². The number of hydrogen-bond acceptors (Lipinski definition) is 7. The van der Waals surface area contributed by atoms with Crippen LogP contribution in [0.3, 0.4) is 0 Å². The van der Waals surface area contributed by atoms with Crippen molar-refractivity contribution >= 4 is 54.0 Å². The van der Waals surface area contributed by atoms with Crippen LogP contribution in [0.4, 0.5) is 16.5 Å². The summed E-state index contributed by atoms with van der Waals surface area (Å²) in [6, 6.07) is 10.7. The van der Waals surface area contributed by atoms with Crippen molar-refractivity contribution in [2.24, 2.45) is 0 Å². The molecule has 2 aliphatic rings. The zero-order chi connectivity index (χ0) is 22.5. The molecule has 1 N–H and O–H groups in total. The molecule has 0 saturated carbocycles. The molecule has 3 aromatic rings. The Kier molecular flexibility index (Phi) is 5.31. The third-order valence-corrected chi connectivity index (χ3v) is 8.12. The smallest absolute Gasteiger partial charge is 0.255 e. The number of nitrogens with one attached hydrogen (secondary N) is 1. The van der Waals surface area contributed by atoms with E-state index in [1.807, 2.05) is 25.1 Å². The summed E-state index contributed by atoms with van der Waals surface area (Å²) in [5, 5.41) is 3.93. The number of morpholine rings is 1. The van der Waals surface area contributed by atoms with Crippen molar-refractivity contribution in [1.82, 2.24) is 4.98 Å². The van der Waals surface area contributed by atoms with E-state index < -0.39 is 10.0 Å². The minimum Gasteiger partial charge on any atom is -0.378 e. The molecule has 0 bridgehead atoms. The van der Waals surface area contributed by atoms with E-state index >= 15 is 0 Å². The normalized spacial score (nSPS) is 18.8. The Morgan fingerprint density at radius 3 is 2.72 bits per heavy atom. The van der Waals surface area contributed by atoms with Gasteiger partial charge in [-0.1, -0.05) is 11.3 Å². The second kappa shape index (κ2) is 8.02. The van der Waals surface area contributed by atoms with Crippen molar-refractivity contribution in [1.29, 1.82) is 0 Å².